The summed E-state index contributed by atoms with van der Waals surface area (Å²) in [4.78, 5) is 11.0. The third-order valence-electron chi connectivity index (χ3n) is 2.37. The SMILES string of the molecule is CC12OC1CCCC2=O. The molecule has 0 amide bonds. The molecule has 1 aliphatic carbocycles. The average Bonchev–Trinajstić information content (AvgIpc) is 2.44. The molecule has 2 nitrogen and oxygen atoms in total. The lowest BCUT2D eigenvalue weighted by Gasteiger charge is -2.09. The van der Waals surface area contributed by atoms with Crippen LogP contribution in [0.2, 0.25) is 0 Å². The monoisotopic (exact) mass is 126 g/mol. The van der Waals surface area contributed by atoms with E-state index in [-0.39, 0.29) is 11.7 Å². The summed E-state index contributed by atoms with van der Waals surface area (Å²) < 4.78 is 5.23. The number of Topliss-reactive ketones (excluding diaryl/α,β-unsaturated/α-hetero) is 1. The van der Waals surface area contributed by atoms with Crippen LogP contribution >= 0.6 is 0 Å². The second kappa shape index (κ2) is 1.37. The molecule has 2 atom stereocenters. The topological polar surface area (TPSA) is 29.6 Å². The highest BCUT2D eigenvalue weighted by Crippen LogP contribution is 2.44. The summed E-state index contributed by atoms with van der Waals surface area (Å²) in [7, 11) is 0. The normalized spacial score (nSPS) is 48.6. The van der Waals surface area contributed by atoms with Gasteiger partial charge in [-0.05, 0) is 19.8 Å². The molecule has 1 saturated heterocycles. The predicted molar refractivity (Wildman–Crippen MR) is 32.1 cm³/mol. The number of carbonyl (C=O) groups is 1. The van der Waals surface area contributed by atoms with Crippen LogP contribution in [0.3, 0.4) is 0 Å². The summed E-state index contributed by atoms with van der Waals surface area (Å²) in [5, 5.41) is 0. The number of fused-ring (bicyclic) bond motifs is 1. The van der Waals surface area contributed by atoms with Gasteiger partial charge in [-0.15, -0.1) is 0 Å². The van der Waals surface area contributed by atoms with E-state index in [2.05, 4.69) is 0 Å². The van der Waals surface area contributed by atoms with Crippen LogP contribution in [0.5, 0.6) is 0 Å². The maximum atomic E-state index is 11.0. The summed E-state index contributed by atoms with van der Waals surface area (Å²) >= 11 is 0. The van der Waals surface area contributed by atoms with E-state index in [0.717, 1.165) is 19.3 Å². The molecule has 0 N–H and O–H groups in total. The van der Waals surface area contributed by atoms with Gasteiger partial charge in [0.2, 0.25) is 0 Å². The smallest absolute Gasteiger partial charge is 0.167 e. The van der Waals surface area contributed by atoms with Gasteiger partial charge in [0.05, 0.1) is 6.10 Å². The van der Waals surface area contributed by atoms with Gasteiger partial charge in [0, 0.05) is 6.42 Å². The molecule has 2 rings (SSSR count). The van der Waals surface area contributed by atoms with Crippen molar-refractivity contribution in [2.75, 3.05) is 0 Å². The van der Waals surface area contributed by atoms with Crippen molar-refractivity contribution >= 4 is 5.78 Å². The Balaban J connectivity index is 2.19. The Morgan fingerprint density at radius 2 is 2.56 bits per heavy atom. The Kier molecular flexibility index (Phi) is 0.826. The first-order chi connectivity index (χ1) is 4.23. The number of rotatable bonds is 0. The maximum Gasteiger partial charge on any atom is 0.167 e. The van der Waals surface area contributed by atoms with Crippen molar-refractivity contribution in [1.82, 2.24) is 0 Å². The molecule has 2 fully saturated rings. The fraction of sp³-hybridized carbons (Fsp3) is 0.857. The molecule has 2 aliphatic rings. The summed E-state index contributed by atoms with van der Waals surface area (Å²) in [6, 6.07) is 0. The van der Waals surface area contributed by atoms with Gasteiger partial charge in [-0.3, -0.25) is 4.79 Å². The summed E-state index contributed by atoms with van der Waals surface area (Å²) in [6.45, 7) is 1.90. The van der Waals surface area contributed by atoms with Crippen molar-refractivity contribution < 1.29 is 9.53 Å². The highest BCUT2D eigenvalue weighted by Gasteiger charge is 2.59. The van der Waals surface area contributed by atoms with E-state index in [0.29, 0.717) is 5.78 Å². The van der Waals surface area contributed by atoms with Gasteiger partial charge >= 0.3 is 0 Å². The van der Waals surface area contributed by atoms with Crippen LogP contribution in [0.4, 0.5) is 0 Å². The van der Waals surface area contributed by atoms with Gasteiger partial charge in [-0.1, -0.05) is 0 Å². The Bertz CT molecular complexity index is 164. The predicted octanol–water partition coefficient (Wildman–Crippen LogP) is 0.897. The van der Waals surface area contributed by atoms with Gasteiger partial charge in [-0.25, -0.2) is 0 Å². The standard InChI is InChI=1S/C7H10O2/c1-7-5(8)3-2-4-6(7)9-7/h6H,2-4H2,1H3. The van der Waals surface area contributed by atoms with Gasteiger partial charge in [0.1, 0.15) is 5.60 Å². The second-order valence-corrected chi connectivity index (χ2v) is 3.03. The molecule has 50 valence electrons. The molecular weight excluding hydrogens is 116 g/mol. The number of ketones is 1. The number of ether oxygens (including phenoxy) is 1. The molecule has 9 heavy (non-hydrogen) atoms. The van der Waals surface area contributed by atoms with Crippen LogP contribution in [0.25, 0.3) is 0 Å². The van der Waals surface area contributed by atoms with Crippen LogP contribution < -0.4 is 0 Å². The number of carbonyl (C=O) groups excluding carboxylic acids is 1. The molecule has 2 heteroatoms. The van der Waals surface area contributed by atoms with Crippen molar-refractivity contribution in [3.05, 3.63) is 0 Å². The Morgan fingerprint density at radius 1 is 1.78 bits per heavy atom. The molecule has 1 saturated carbocycles. The third kappa shape index (κ3) is 0.568. The number of hydrogen-bond donors (Lipinski definition) is 0. The van der Waals surface area contributed by atoms with Crippen molar-refractivity contribution in [2.45, 2.75) is 37.9 Å². The quantitative estimate of drug-likeness (QED) is 0.451. The summed E-state index contributed by atoms with van der Waals surface area (Å²) in [5.41, 5.74) is -0.335. The first-order valence-corrected chi connectivity index (χ1v) is 3.44. The highest BCUT2D eigenvalue weighted by atomic mass is 16.6. The van der Waals surface area contributed by atoms with E-state index in [1.165, 1.54) is 0 Å². The van der Waals surface area contributed by atoms with Gasteiger partial charge in [0.15, 0.2) is 5.78 Å². The zero-order chi connectivity index (χ0) is 6.48. The van der Waals surface area contributed by atoms with E-state index in [1.54, 1.807) is 0 Å². The molecule has 1 heterocycles. The molecule has 0 bridgehead atoms. The summed E-state index contributed by atoms with van der Waals surface area (Å²) in [6.07, 6.45) is 3.12. The highest BCUT2D eigenvalue weighted by molar-refractivity contribution is 5.90. The molecule has 0 spiro atoms. The van der Waals surface area contributed by atoms with Crippen molar-refractivity contribution in [3.8, 4) is 0 Å². The molecule has 0 radical (unpaired) electrons. The van der Waals surface area contributed by atoms with E-state index in [1.807, 2.05) is 6.92 Å². The van der Waals surface area contributed by atoms with Crippen molar-refractivity contribution in [3.63, 3.8) is 0 Å². The summed E-state index contributed by atoms with van der Waals surface area (Å²) in [5.74, 6) is 0.304. The van der Waals surface area contributed by atoms with Crippen LogP contribution in [-0.2, 0) is 9.53 Å². The minimum absolute atomic E-state index is 0.277. The lowest BCUT2D eigenvalue weighted by Crippen LogP contribution is -2.26. The van der Waals surface area contributed by atoms with E-state index < -0.39 is 0 Å². The molecule has 0 aromatic heterocycles. The van der Waals surface area contributed by atoms with Crippen LogP contribution in [0.1, 0.15) is 26.2 Å². The lowest BCUT2D eigenvalue weighted by molar-refractivity contribution is -0.124. The van der Waals surface area contributed by atoms with Gasteiger partial charge < -0.3 is 4.74 Å². The van der Waals surface area contributed by atoms with Crippen LogP contribution in [0.15, 0.2) is 0 Å². The maximum absolute atomic E-state index is 11.0. The Hall–Kier alpha value is -0.370. The second-order valence-electron chi connectivity index (χ2n) is 3.03. The molecular formula is C7H10O2. The van der Waals surface area contributed by atoms with Crippen LogP contribution in [-0.4, -0.2) is 17.5 Å². The largest absolute Gasteiger partial charge is 0.358 e. The Morgan fingerprint density at radius 3 is 3.11 bits per heavy atom. The van der Waals surface area contributed by atoms with Crippen LogP contribution in [0, 0.1) is 0 Å². The minimum Gasteiger partial charge on any atom is -0.358 e. The van der Waals surface area contributed by atoms with E-state index in [9.17, 15) is 4.79 Å². The number of hydrogen-bond acceptors (Lipinski definition) is 2. The van der Waals surface area contributed by atoms with E-state index in [4.69, 9.17) is 4.74 Å². The van der Waals surface area contributed by atoms with Gasteiger partial charge in [-0.2, -0.15) is 0 Å². The van der Waals surface area contributed by atoms with Crippen molar-refractivity contribution in [2.24, 2.45) is 0 Å². The first-order valence-electron chi connectivity index (χ1n) is 3.44. The lowest BCUT2D eigenvalue weighted by atomic mass is 9.90. The van der Waals surface area contributed by atoms with E-state index >= 15 is 0 Å². The molecule has 2 unspecified atom stereocenters. The first kappa shape index (κ1) is 5.42. The zero-order valence-electron chi connectivity index (χ0n) is 5.52. The van der Waals surface area contributed by atoms with Crippen molar-refractivity contribution in [1.29, 1.82) is 0 Å². The number of epoxide rings is 1. The average molecular weight is 126 g/mol. The minimum atomic E-state index is -0.335. The fourth-order valence-corrected chi connectivity index (χ4v) is 1.54. The fourth-order valence-electron chi connectivity index (χ4n) is 1.54. The Labute approximate surface area is 54.2 Å². The van der Waals surface area contributed by atoms with Gasteiger partial charge in [0.25, 0.3) is 0 Å². The molecule has 0 aromatic carbocycles. The molecule has 1 aliphatic heterocycles. The molecule has 0 aromatic rings. The zero-order valence-corrected chi connectivity index (χ0v) is 5.52. The third-order valence-corrected chi connectivity index (χ3v) is 2.37.